The number of amides is 2. The number of hydrogen-bond acceptors (Lipinski definition) is 3. The molecule has 0 aliphatic rings. The van der Waals surface area contributed by atoms with Crippen LogP contribution < -0.4 is 10.6 Å². The molecule has 0 spiro atoms. The highest BCUT2D eigenvalue weighted by atomic mass is 19.1. The van der Waals surface area contributed by atoms with Crippen LogP contribution in [0.2, 0.25) is 0 Å². The van der Waals surface area contributed by atoms with E-state index < -0.39 is 35.7 Å². The van der Waals surface area contributed by atoms with Crippen LogP contribution in [0.5, 0.6) is 0 Å². The van der Waals surface area contributed by atoms with Crippen molar-refractivity contribution in [3.05, 3.63) is 71.0 Å². The maximum absolute atomic E-state index is 13.1. The molecular formula is C24H29FN2O4. The quantitative estimate of drug-likeness (QED) is 0.602. The summed E-state index contributed by atoms with van der Waals surface area (Å²) in [5.41, 5.74) is 2.51. The first kappa shape index (κ1) is 24.1. The molecule has 2 amide bonds. The van der Waals surface area contributed by atoms with E-state index in [2.05, 4.69) is 31.4 Å². The van der Waals surface area contributed by atoms with Crippen molar-refractivity contribution in [2.75, 3.05) is 0 Å². The highest BCUT2D eigenvalue weighted by Crippen LogP contribution is 2.22. The number of carbonyl (C=O) groups excluding carboxylic acids is 2. The fraction of sp³-hybridized carbons (Fsp3) is 0.375. The molecule has 0 aromatic heterocycles. The Balaban J connectivity index is 2.12. The van der Waals surface area contributed by atoms with E-state index in [1.165, 1.54) is 31.2 Å². The molecule has 2 rings (SSSR count). The summed E-state index contributed by atoms with van der Waals surface area (Å²) in [6.45, 7) is 7.54. The molecule has 0 heterocycles. The Morgan fingerprint density at radius 3 is 1.81 bits per heavy atom. The highest BCUT2D eigenvalue weighted by Gasteiger charge is 2.26. The van der Waals surface area contributed by atoms with Crippen LogP contribution in [0.25, 0.3) is 0 Å². The van der Waals surface area contributed by atoms with Crippen molar-refractivity contribution in [3.8, 4) is 0 Å². The van der Waals surface area contributed by atoms with Crippen molar-refractivity contribution >= 4 is 17.8 Å². The fourth-order valence-corrected chi connectivity index (χ4v) is 3.16. The number of carboxylic acid groups (broad SMARTS) is 1. The largest absolute Gasteiger partial charge is 0.480 e. The SMILES string of the molecule is CC(=O)N[C@@H](Cc1ccc(F)cc1)C(=O)N[C@H](Cc1ccc(C(C)(C)C)cc1)C(=O)O. The summed E-state index contributed by atoms with van der Waals surface area (Å²) in [4.78, 5) is 36.1. The maximum atomic E-state index is 13.1. The lowest BCUT2D eigenvalue weighted by Crippen LogP contribution is -2.52. The summed E-state index contributed by atoms with van der Waals surface area (Å²) in [5, 5.41) is 14.7. The lowest BCUT2D eigenvalue weighted by atomic mass is 9.86. The summed E-state index contributed by atoms with van der Waals surface area (Å²) < 4.78 is 13.1. The van der Waals surface area contributed by atoms with E-state index in [1.54, 1.807) is 0 Å². The van der Waals surface area contributed by atoms with Crippen molar-refractivity contribution < 1.29 is 23.9 Å². The molecule has 0 aliphatic heterocycles. The molecule has 7 heteroatoms. The van der Waals surface area contributed by atoms with Crippen LogP contribution in [0.1, 0.15) is 44.4 Å². The normalized spacial score (nSPS) is 13.2. The second kappa shape index (κ2) is 10.2. The van der Waals surface area contributed by atoms with Crippen LogP contribution in [0.15, 0.2) is 48.5 Å². The monoisotopic (exact) mass is 428 g/mol. The summed E-state index contributed by atoms with van der Waals surface area (Å²) in [5.74, 6) is -2.62. The average molecular weight is 429 g/mol. The van der Waals surface area contributed by atoms with Crippen molar-refractivity contribution in [3.63, 3.8) is 0 Å². The van der Waals surface area contributed by atoms with Crippen molar-refractivity contribution in [1.82, 2.24) is 10.6 Å². The van der Waals surface area contributed by atoms with Gasteiger partial charge in [0.2, 0.25) is 11.8 Å². The molecule has 2 atom stereocenters. The number of halogens is 1. The Hall–Kier alpha value is -3.22. The molecule has 0 saturated heterocycles. The van der Waals surface area contributed by atoms with E-state index in [-0.39, 0.29) is 18.3 Å². The van der Waals surface area contributed by atoms with E-state index in [0.717, 1.165) is 11.1 Å². The van der Waals surface area contributed by atoms with Crippen LogP contribution in [0.4, 0.5) is 4.39 Å². The molecule has 2 aromatic rings. The molecule has 0 radical (unpaired) electrons. The minimum absolute atomic E-state index is 0.0229. The van der Waals surface area contributed by atoms with Crippen molar-refractivity contribution in [1.29, 1.82) is 0 Å². The molecule has 2 aromatic carbocycles. The van der Waals surface area contributed by atoms with Gasteiger partial charge in [0.05, 0.1) is 0 Å². The first-order chi connectivity index (χ1) is 14.5. The van der Waals surface area contributed by atoms with E-state index in [4.69, 9.17) is 0 Å². The Labute approximate surface area is 181 Å². The lowest BCUT2D eigenvalue weighted by molar-refractivity contribution is -0.142. The minimum Gasteiger partial charge on any atom is -0.480 e. The Morgan fingerprint density at radius 1 is 0.871 bits per heavy atom. The van der Waals surface area contributed by atoms with Crippen LogP contribution in [0, 0.1) is 5.82 Å². The Bertz CT molecular complexity index is 918. The molecule has 0 bridgehead atoms. The van der Waals surface area contributed by atoms with Gasteiger partial charge < -0.3 is 15.7 Å². The third-order valence-electron chi connectivity index (χ3n) is 4.92. The van der Waals surface area contributed by atoms with Gasteiger partial charge >= 0.3 is 5.97 Å². The molecule has 166 valence electrons. The molecular weight excluding hydrogens is 399 g/mol. The van der Waals surface area contributed by atoms with Gasteiger partial charge in [0.25, 0.3) is 0 Å². The predicted molar refractivity (Wildman–Crippen MR) is 116 cm³/mol. The molecule has 0 aliphatic carbocycles. The zero-order valence-corrected chi connectivity index (χ0v) is 18.2. The standard InChI is InChI=1S/C24H29FN2O4/c1-15(28)26-20(13-17-7-11-19(25)12-8-17)22(29)27-21(23(30)31)14-16-5-9-18(10-6-16)24(2,3)4/h5-12,20-21H,13-14H2,1-4H3,(H,26,28)(H,27,29)(H,30,31)/t20-,21+/m0/s1. The number of nitrogens with one attached hydrogen (secondary N) is 2. The van der Waals surface area contributed by atoms with Gasteiger partial charge in [-0.15, -0.1) is 0 Å². The van der Waals surface area contributed by atoms with Crippen LogP contribution in [0.3, 0.4) is 0 Å². The highest BCUT2D eigenvalue weighted by molar-refractivity contribution is 5.90. The number of benzene rings is 2. The summed E-state index contributed by atoms with van der Waals surface area (Å²) in [6, 6.07) is 11.0. The van der Waals surface area contributed by atoms with Gasteiger partial charge in [-0.1, -0.05) is 57.2 Å². The van der Waals surface area contributed by atoms with Gasteiger partial charge in [0, 0.05) is 19.8 Å². The maximum Gasteiger partial charge on any atom is 0.326 e. The van der Waals surface area contributed by atoms with Gasteiger partial charge in [-0.2, -0.15) is 0 Å². The number of carboxylic acids is 1. The van der Waals surface area contributed by atoms with Gasteiger partial charge in [0.1, 0.15) is 17.9 Å². The molecule has 6 nitrogen and oxygen atoms in total. The summed E-state index contributed by atoms with van der Waals surface area (Å²) in [6.07, 6.45) is 0.215. The summed E-state index contributed by atoms with van der Waals surface area (Å²) >= 11 is 0. The molecule has 3 N–H and O–H groups in total. The first-order valence-corrected chi connectivity index (χ1v) is 10.1. The summed E-state index contributed by atoms with van der Waals surface area (Å²) in [7, 11) is 0. The van der Waals surface area contributed by atoms with Crippen LogP contribution >= 0.6 is 0 Å². The number of hydrogen-bond donors (Lipinski definition) is 3. The second-order valence-electron chi connectivity index (χ2n) is 8.63. The second-order valence-corrected chi connectivity index (χ2v) is 8.63. The van der Waals surface area contributed by atoms with E-state index in [9.17, 15) is 23.9 Å². The van der Waals surface area contributed by atoms with Crippen LogP contribution in [-0.2, 0) is 32.6 Å². The van der Waals surface area contributed by atoms with Crippen molar-refractivity contribution in [2.24, 2.45) is 0 Å². The average Bonchev–Trinajstić information content (AvgIpc) is 2.68. The van der Waals surface area contributed by atoms with Gasteiger partial charge in [-0.25, -0.2) is 9.18 Å². The van der Waals surface area contributed by atoms with Gasteiger partial charge in [-0.3, -0.25) is 9.59 Å². The fourth-order valence-electron chi connectivity index (χ4n) is 3.16. The van der Waals surface area contributed by atoms with E-state index in [0.29, 0.717) is 5.56 Å². The molecule has 0 fully saturated rings. The zero-order chi connectivity index (χ0) is 23.2. The Morgan fingerprint density at radius 2 is 1.35 bits per heavy atom. The van der Waals surface area contributed by atoms with Crippen molar-refractivity contribution in [2.45, 2.75) is 58.0 Å². The number of aliphatic carboxylic acids is 1. The molecule has 0 saturated carbocycles. The third kappa shape index (κ3) is 7.51. The van der Waals surface area contributed by atoms with E-state index in [1.807, 2.05) is 24.3 Å². The molecule has 31 heavy (non-hydrogen) atoms. The van der Waals surface area contributed by atoms with Gasteiger partial charge in [0.15, 0.2) is 0 Å². The molecule has 0 unspecified atom stereocenters. The zero-order valence-electron chi connectivity index (χ0n) is 18.2. The smallest absolute Gasteiger partial charge is 0.326 e. The topological polar surface area (TPSA) is 95.5 Å². The number of carbonyl (C=O) groups is 3. The Kier molecular flexibility index (Phi) is 7.91. The predicted octanol–water partition coefficient (Wildman–Crippen LogP) is 2.98. The van der Waals surface area contributed by atoms with Gasteiger partial charge in [-0.05, 0) is 34.2 Å². The van der Waals surface area contributed by atoms with E-state index >= 15 is 0 Å². The lowest BCUT2D eigenvalue weighted by Gasteiger charge is -2.22. The third-order valence-corrected chi connectivity index (χ3v) is 4.92. The number of rotatable bonds is 8. The minimum atomic E-state index is -1.17. The van der Waals surface area contributed by atoms with Crippen LogP contribution in [-0.4, -0.2) is 35.0 Å². The first-order valence-electron chi connectivity index (χ1n) is 10.1.